The van der Waals surface area contributed by atoms with Gasteiger partial charge in [-0.25, -0.2) is 13.4 Å². The van der Waals surface area contributed by atoms with Gasteiger partial charge in [0, 0.05) is 44.8 Å². The van der Waals surface area contributed by atoms with Gasteiger partial charge in [0.15, 0.2) is 0 Å². The predicted octanol–water partition coefficient (Wildman–Crippen LogP) is 1.64. The van der Waals surface area contributed by atoms with Crippen molar-refractivity contribution in [3.63, 3.8) is 0 Å². The molecule has 0 spiro atoms. The first-order valence-electron chi connectivity index (χ1n) is 10.6. The van der Waals surface area contributed by atoms with E-state index in [1.165, 1.54) is 4.31 Å². The summed E-state index contributed by atoms with van der Waals surface area (Å²) < 4.78 is 32.3. The molecule has 0 saturated carbocycles. The zero-order valence-electron chi connectivity index (χ0n) is 17.4. The lowest BCUT2D eigenvalue weighted by atomic mass is 9.97. The van der Waals surface area contributed by atoms with Gasteiger partial charge in [-0.05, 0) is 36.6 Å². The quantitative estimate of drug-likeness (QED) is 0.728. The summed E-state index contributed by atoms with van der Waals surface area (Å²) in [6, 6.07) is 12.4. The second kappa shape index (κ2) is 9.76. The summed E-state index contributed by atoms with van der Waals surface area (Å²) in [4.78, 5) is 19.6. The van der Waals surface area contributed by atoms with Crippen molar-refractivity contribution in [1.82, 2.24) is 14.6 Å². The van der Waals surface area contributed by atoms with Crippen molar-refractivity contribution in [2.24, 2.45) is 5.92 Å². The molecule has 1 aromatic heterocycles. The van der Waals surface area contributed by atoms with E-state index in [0.717, 1.165) is 24.5 Å². The van der Waals surface area contributed by atoms with Gasteiger partial charge in [-0.1, -0.05) is 24.3 Å². The fourth-order valence-corrected chi connectivity index (χ4v) is 5.42. The SMILES string of the molecule is O=C(NCc1ccc(N2CCOCC2)nc1)C1CCN(S(=O)(=O)c2ccccc2)CC1. The third-order valence-electron chi connectivity index (χ3n) is 5.82. The Hall–Kier alpha value is -2.49. The number of morpholine rings is 1. The number of amides is 1. The number of hydrogen-bond donors (Lipinski definition) is 1. The van der Waals surface area contributed by atoms with Crippen LogP contribution in [0.15, 0.2) is 53.6 Å². The highest BCUT2D eigenvalue weighted by atomic mass is 32.2. The van der Waals surface area contributed by atoms with Crippen LogP contribution in [0.25, 0.3) is 0 Å². The van der Waals surface area contributed by atoms with Crippen LogP contribution in [-0.4, -0.2) is 63.0 Å². The molecule has 8 nitrogen and oxygen atoms in total. The molecule has 31 heavy (non-hydrogen) atoms. The van der Waals surface area contributed by atoms with Crippen LogP contribution in [0, 0.1) is 5.92 Å². The van der Waals surface area contributed by atoms with Crippen molar-refractivity contribution in [3.8, 4) is 0 Å². The van der Waals surface area contributed by atoms with E-state index in [1.54, 1.807) is 36.5 Å². The van der Waals surface area contributed by atoms with Crippen molar-refractivity contribution in [1.29, 1.82) is 0 Å². The molecule has 1 aromatic carbocycles. The van der Waals surface area contributed by atoms with Crippen LogP contribution in [0.1, 0.15) is 18.4 Å². The van der Waals surface area contributed by atoms with Crippen LogP contribution in [-0.2, 0) is 26.1 Å². The van der Waals surface area contributed by atoms with E-state index >= 15 is 0 Å². The van der Waals surface area contributed by atoms with E-state index in [9.17, 15) is 13.2 Å². The maximum absolute atomic E-state index is 12.7. The summed E-state index contributed by atoms with van der Waals surface area (Å²) in [5.74, 6) is 0.710. The molecule has 0 radical (unpaired) electrons. The lowest BCUT2D eigenvalue weighted by molar-refractivity contribution is -0.126. The van der Waals surface area contributed by atoms with Gasteiger partial charge in [0.2, 0.25) is 15.9 Å². The predicted molar refractivity (Wildman–Crippen MR) is 117 cm³/mol. The monoisotopic (exact) mass is 444 g/mol. The van der Waals surface area contributed by atoms with E-state index < -0.39 is 10.0 Å². The van der Waals surface area contributed by atoms with Crippen LogP contribution in [0.5, 0.6) is 0 Å². The Morgan fingerprint density at radius 2 is 1.74 bits per heavy atom. The third-order valence-corrected chi connectivity index (χ3v) is 7.73. The molecule has 0 unspecified atom stereocenters. The highest BCUT2D eigenvalue weighted by Gasteiger charge is 2.31. The lowest BCUT2D eigenvalue weighted by Crippen LogP contribution is -2.42. The summed E-state index contributed by atoms with van der Waals surface area (Å²) in [7, 11) is -3.50. The Kier molecular flexibility index (Phi) is 6.84. The van der Waals surface area contributed by atoms with E-state index in [4.69, 9.17) is 4.74 Å². The number of rotatable bonds is 6. The third kappa shape index (κ3) is 5.23. The molecule has 1 N–H and O–H groups in total. The fraction of sp³-hybridized carbons (Fsp3) is 0.455. The molecule has 166 valence electrons. The summed E-state index contributed by atoms with van der Waals surface area (Å²) in [5.41, 5.74) is 0.939. The van der Waals surface area contributed by atoms with Crippen LogP contribution in [0.4, 0.5) is 5.82 Å². The number of nitrogens with zero attached hydrogens (tertiary/aromatic N) is 3. The zero-order valence-corrected chi connectivity index (χ0v) is 18.3. The molecule has 4 rings (SSSR count). The maximum Gasteiger partial charge on any atom is 0.243 e. The number of benzene rings is 1. The van der Waals surface area contributed by atoms with Crippen molar-refractivity contribution >= 4 is 21.7 Å². The summed E-state index contributed by atoms with van der Waals surface area (Å²) in [6.07, 6.45) is 2.83. The molecule has 2 fully saturated rings. The second-order valence-electron chi connectivity index (χ2n) is 7.83. The molecule has 0 atom stereocenters. The average molecular weight is 445 g/mol. The number of nitrogens with one attached hydrogen (secondary N) is 1. The van der Waals surface area contributed by atoms with E-state index in [1.807, 2.05) is 12.1 Å². The van der Waals surface area contributed by atoms with Gasteiger partial charge >= 0.3 is 0 Å². The number of anilines is 1. The second-order valence-corrected chi connectivity index (χ2v) is 9.77. The average Bonchev–Trinajstić information content (AvgIpc) is 2.84. The fourth-order valence-electron chi connectivity index (χ4n) is 3.93. The molecular formula is C22H28N4O4S. The van der Waals surface area contributed by atoms with Crippen molar-refractivity contribution in [3.05, 3.63) is 54.2 Å². The van der Waals surface area contributed by atoms with Gasteiger partial charge in [-0.15, -0.1) is 0 Å². The first-order chi connectivity index (χ1) is 15.0. The highest BCUT2D eigenvalue weighted by molar-refractivity contribution is 7.89. The molecule has 2 aromatic rings. The van der Waals surface area contributed by atoms with Gasteiger partial charge in [0.25, 0.3) is 0 Å². The summed E-state index contributed by atoms with van der Waals surface area (Å²) in [5, 5.41) is 2.97. The molecule has 2 aliphatic rings. The van der Waals surface area contributed by atoms with Crippen molar-refractivity contribution < 1.29 is 17.9 Å². The number of carbonyl (C=O) groups excluding carboxylic acids is 1. The van der Waals surface area contributed by atoms with Gasteiger partial charge in [-0.2, -0.15) is 4.31 Å². The number of hydrogen-bond acceptors (Lipinski definition) is 6. The van der Waals surface area contributed by atoms with E-state index in [-0.39, 0.29) is 11.8 Å². The molecule has 2 saturated heterocycles. The van der Waals surface area contributed by atoms with E-state index in [0.29, 0.717) is 50.6 Å². The lowest BCUT2D eigenvalue weighted by Gasteiger charge is -2.30. The first-order valence-corrected chi connectivity index (χ1v) is 12.1. The number of pyridine rings is 1. The maximum atomic E-state index is 12.7. The molecule has 2 aliphatic heterocycles. The minimum atomic E-state index is -3.50. The van der Waals surface area contributed by atoms with Crippen molar-refractivity contribution in [2.75, 3.05) is 44.3 Å². The minimum Gasteiger partial charge on any atom is -0.378 e. The largest absolute Gasteiger partial charge is 0.378 e. The van der Waals surface area contributed by atoms with Gasteiger partial charge in [-0.3, -0.25) is 4.79 Å². The smallest absolute Gasteiger partial charge is 0.243 e. The highest BCUT2D eigenvalue weighted by Crippen LogP contribution is 2.24. The number of aromatic nitrogens is 1. The van der Waals surface area contributed by atoms with E-state index in [2.05, 4.69) is 15.2 Å². The van der Waals surface area contributed by atoms with Crippen LogP contribution in [0.3, 0.4) is 0 Å². The minimum absolute atomic E-state index is 0.0333. The number of ether oxygens (including phenoxy) is 1. The summed E-state index contributed by atoms with van der Waals surface area (Å²) in [6.45, 7) is 4.22. The van der Waals surface area contributed by atoms with Gasteiger partial charge in [0.1, 0.15) is 5.82 Å². The molecule has 3 heterocycles. The number of carbonyl (C=O) groups is 1. The Balaban J connectivity index is 1.26. The van der Waals surface area contributed by atoms with Crippen LogP contribution >= 0.6 is 0 Å². The Bertz CT molecular complexity index is 968. The van der Waals surface area contributed by atoms with Gasteiger partial charge < -0.3 is 15.0 Å². The van der Waals surface area contributed by atoms with Crippen LogP contribution < -0.4 is 10.2 Å². The summed E-state index contributed by atoms with van der Waals surface area (Å²) >= 11 is 0. The van der Waals surface area contributed by atoms with Gasteiger partial charge in [0.05, 0.1) is 18.1 Å². The molecule has 0 aliphatic carbocycles. The standard InChI is InChI=1S/C22H28N4O4S/c27-22(24-17-18-6-7-21(23-16-18)25-12-14-30-15-13-25)19-8-10-26(11-9-19)31(28,29)20-4-2-1-3-5-20/h1-7,16,19H,8-15,17H2,(H,24,27). The number of piperidine rings is 1. The Labute approximate surface area is 183 Å². The molecule has 0 bridgehead atoms. The molecule has 1 amide bonds. The zero-order chi connectivity index (χ0) is 21.7. The topological polar surface area (TPSA) is 91.8 Å². The normalized spacial score (nSPS) is 18.6. The van der Waals surface area contributed by atoms with Crippen molar-refractivity contribution in [2.45, 2.75) is 24.3 Å². The Morgan fingerprint density at radius 1 is 1.03 bits per heavy atom. The van der Waals surface area contributed by atoms with Crippen LogP contribution in [0.2, 0.25) is 0 Å². The molecular weight excluding hydrogens is 416 g/mol. The first kappa shape index (κ1) is 21.7. The Morgan fingerprint density at radius 3 is 2.39 bits per heavy atom. The number of sulfonamides is 1. The molecule has 9 heteroatoms.